The fraction of sp³-hybridized carbons (Fsp3) is 0.0526. The Kier molecular flexibility index (Phi) is 4.73. The molecule has 0 unspecified atom stereocenters. The number of halogens is 1. The molecule has 0 radical (unpaired) electrons. The van der Waals surface area contributed by atoms with E-state index in [9.17, 15) is 14.0 Å². The summed E-state index contributed by atoms with van der Waals surface area (Å²) >= 11 is 2.55. The molecule has 0 saturated heterocycles. The number of rotatable bonds is 4. The Bertz CT molecular complexity index is 1280. The molecular formula is C19H11FN4O2S2. The maximum Gasteiger partial charge on any atom is 0.263 e. The Balaban J connectivity index is 1.67. The average molecular weight is 410 g/mol. The van der Waals surface area contributed by atoms with E-state index >= 15 is 0 Å². The van der Waals surface area contributed by atoms with E-state index in [-0.39, 0.29) is 17.9 Å². The summed E-state index contributed by atoms with van der Waals surface area (Å²) < 4.78 is 14.4. The first-order chi connectivity index (χ1) is 13.6. The zero-order valence-corrected chi connectivity index (χ0v) is 15.8. The summed E-state index contributed by atoms with van der Waals surface area (Å²) in [5.74, 6) is -0.790. The first-order valence-corrected chi connectivity index (χ1v) is 9.83. The summed E-state index contributed by atoms with van der Waals surface area (Å²) in [6, 6.07) is 9.46. The molecular weight excluding hydrogens is 399 g/mol. The summed E-state index contributed by atoms with van der Waals surface area (Å²) in [6.45, 7) is -0.233. The fourth-order valence-electron chi connectivity index (χ4n) is 2.74. The second kappa shape index (κ2) is 7.34. The van der Waals surface area contributed by atoms with Gasteiger partial charge < -0.3 is 5.32 Å². The van der Waals surface area contributed by atoms with E-state index < -0.39 is 5.91 Å². The van der Waals surface area contributed by atoms with E-state index in [0.29, 0.717) is 31.9 Å². The average Bonchev–Trinajstić information content (AvgIpc) is 3.31. The van der Waals surface area contributed by atoms with Crippen LogP contribution in [-0.2, 0) is 11.3 Å². The summed E-state index contributed by atoms with van der Waals surface area (Å²) in [6.07, 6.45) is 1.33. The van der Waals surface area contributed by atoms with Crippen molar-refractivity contribution in [2.75, 3.05) is 5.32 Å². The highest BCUT2D eigenvalue weighted by atomic mass is 32.1. The van der Waals surface area contributed by atoms with Gasteiger partial charge in [0.1, 0.15) is 28.3 Å². The van der Waals surface area contributed by atoms with Crippen molar-refractivity contribution in [1.82, 2.24) is 9.55 Å². The van der Waals surface area contributed by atoms with Gasteiger partial charge in [-0.1, -0.05) is 12.1 Å². The van der Waals surface area contributed by atoms with Gasteiger partial charge in [0, 0.05) is 10.9 Å². The molecule has 1 aromatic carbocycles. The second-order valence-corrected chi connectivity index (χ2v) is 7.61. The SMILES string of the molecule is N#Cc1ccsc1NC(=O)Cn1cnc2scc(-c3ccc(F)cc3)c2c1=O. The lowest BCUT2D eigenvalue weighted by atomic mass is 10.1. The number of thiophene rings is 2. The molecule has 0 aliphatic rings. The summed E-state index contributed by atoms with van der Waals surface area (Å²) in [4.78, 5) is 30.1. The lowest BCUT2D eigenvalue weighted by Gasteiger charge is -2.07. The quantitative estimate of drug-likeness (QED) is 0.554. The highest BCUT2D eigenvalue weighted by Gasteiger charge is 2.15. The highest BCUT2D eigenvalue weighted by molar-refractivity contribution is 7.17. The number of aromatic nitrogens is 2. The standard InChI is InChI=1S/C19H11FN4O2S2/c20-13-3-1-11(2-4-13)14-9-28-18-16(14)19(26)24(10-22-18)8-15(25)23-17-12(7-21)5-6-27-17/h1-6,9-10H,8H2,(H,23,25). The molecule has 138 valence electrons. The Morgan fingerprint density at radius 3 is 2.79 bits per heavy atom. The number of anilines is 1. The zero-order valence-electron chi connectivity index (χ0n) is 14.2. The van der Waals surface area contributed by atoms with E-state index in [1.807, 2.05) is 6.07 Å². The van der Waals surface area contributed by atoms with Crippen molar-refractivity contribution in [3.8, 4) is 17.2 Å². The summed E-state index contributed by atoms with van der Waals surface area (Å²) in [5, 5.41) is 16.0. The number of hydrogen-bond acceptors (Lipinski definition) is 6. The van der Waals surface area contributed by atoms with Gasteiger partial charge >= 0.3 is 0 Å². The molecule has 1 N–H and O–H groups in total. The minimum Gasteiger partial charge on any atom is -0.315 e. The van der Waals surface area contributed by atoms with Gasteiger partial charge in [-0.05, 0) is 29.1 Å². The van der Waals surface area contributed by atoms with Crippen LogP contribution in [0.2, 0.25) is 0 Å². The Labute approximate surface area is 166 Å². The molecule has 0 saturated carbocycles. The van der Waals surface area contributed by atoms with Crippen LogP contribution in [0.1, 0.15) is 5.56 Å². The van der Waals surface area contributed by atoms with Gasteiger partial charge in [-0.25, -0.2) is 9.37 Å². The van der Waals surface area contributed by atoms with Crippen LogP contribution in [0.25, 0.3) is 21.3 Å². The van der Waals surface area contributed by atoms with Gasteiger partial charge in [0.25, 0.3) is 5.56 Å². The van der Waals surface area contributed by atoms with Gasteiger partial charge in [0.2, 0.25) is 5.91 Å². The Morgan fingerprint density at radius 1 is 1.25 bits per heavy atom. The largest absolute Gasteiger partial charge is 0.315 e. The third kappa shape index (κ3) is 3.31. The molecule has 3 aromatic heterocycles. The predicted molar refractivity (Wildman–Crippen MR) is 107 cm³/mol. The molecule has 0 aliphatic heterocycles. The van der Waals surface area contributed by atoms with Crippen LogP contribution in [-0.4, -0.2) is 15.5 Å². The van der Waals surface area contributed by atoms with Gasteiger partial charge in [0.15, 0.2) is 0 Å². The lowest BCUT2D eigenvalue weighted by molar-refractivity contribution is -0.116. The number of nitriles is 1. The van der Waals surface area contributed by atoms with Gasteiger partial charge in [-0.2, -0.15) is 5.26 Å². The van der Waals surface area contributed by atoms with Crippen LogP contribution in [0.4, 0.5) is 9.39 Å². The molecule has 3 heterocycles. The van der Waals surface area contributed by atoms with Crippen LogP contribution in [0.5, 0.6) is 0 Å². The number of amides is 1. The third-order valence-electron chi connectivity index (χ3n) is 4.07. The van der Waals surface area contributed by atoms with Crippen molar-refractivity contribution in [1.29, 1.82) is 5.26 Å². The molecule has 1 amide bonds. The normalized spacial score (nSPS) is 10.7. The maximum absolute atomic E-state index is 13.2. The topological polar surface area (TPSA) is 87.8 Å². The van der Waals surface area contributed by atoms with Crippen LogP contribution < -0.4 is 10.9 Å². The number of nitrogens with one attached hydrogen (secondary N) is 1. The molecule has 0 bridgehead atoms. The van der Waals surface area contributed by atoms with E-state index in [0.717, 1.165) is 0 Å². The monoisotopic (exact) mass is 410 g/mol. The molecule has 0 aliphatic carbocycles. The van der Waals surface area contributed by atoms with Gasteiger partial charge in [-0.15, -0.1) is 22.7 Å². The molecule has 4 rings (SSSR count). The zero-order chi connectivity index (χ0) is 19.7. The van der Waals surface area contributed by atoms with E-state index in [4.69, 9.17) is 5.26 Å². The smallest absolute Gasteiger partial charge is 0.263 e. The number of nitrogens with zero attached hydrogens (tertiary/aromatic N) is 3. The van der Waals surface area contributed by atoms with Crippen molar-refractivity contribution >= 4 is 43.8 Å². The molecule has 0 atom stereocenters. The molecule has 0 fully saturated rings. The number of hydrogen-bond donors (Lipinski definition) is 1. The maximum atomic E-state index is 13.2. The van der Waals surface area contributed by atoms with Crippen LogP contribution in [0.3, 0.4) is 0 Å². The minimum absolute atomic E-state index is 0.233. The molecule has 6 nitrogen and oxygen atoms in total. The molecule has 4 aromatic rings. The fourth-order valence-corrected chi connectivity index (χ4v) is 4.40. The van der Waals surface area contributed by atoms with Gasteiger partial charge in [0.05, 0.1) is 17.3 Å². The van der Waals surface area contributed by atoms with Crippen molar-refractivity contribution < 1.29 is 9.18 Å². The van der Waals surface area contributed by atoms with E-state index in [2.05, 4.69) is 10.3 Å². The highest BCUT2D eigenvalue weighted by Crippen LogP contribution is 2.30. The molecule has 9 heteroatoms. The number of fused-ring (bicyclic) bond motifs is 1. The first kappa shape index (κ1) is 18.0. The third-order valence-corrected chi connectivity index (χ3v) is 5.78. The van der Waals surface area contributed by atoms with E-state index in [1.165, 1.54) is 45.7 Å². The Morgan fingerprint density at radius 2 is 2.04 bits per heavy atom. The van der Waals surface area contributed by atoms with Crippen LogP contribution >= 0.6 is 22.7 Å². The second-order valence-electron chi connectivity index (χ2n) is 5.84. The molecule has 28 heavy (non-hydrogen) atoms. The Hall–Kier alpha value is -3.35. The molecule has 0 spiro atoms. The van der Waals surface area contributed by atoms with Crippen molar-refractivity contribution in [3.63, 3.8) is 0 Å². The van der Waals surface area contributed by atoms with E-state index in [1.54, 1.807) is 29.0 Å². The van der Waals surface area contributed by atoms with Crippen molar-refractivity contribution in [2.24, 2.45) is 0 Å². The number of carbonyl (C=O) groups excluding carboxylic acids is 1. The summed E-state index contributed by atoms with van der Waals surface area (Å²) in [7, 11) is 0. The van der Waals surface area contributed by atoms with Crippen LogP contribution in [0.15, 0.2) is 52.2 Å². The summed E-state index contributed by atoms with van der Waals surface area (Å²) in [5.41, 5.74) is 1.37. The number of carbonyl (C=O) groups is 1. The predicted octanol–water partition coefficient (Wildman–Crippen LogP) is 3.84. The number of benzene rings is 1. The van der Waals surface area contributed by atoms with Crippen LogP contribution in [0, 0.1) is 17.1 Å². The van der Waals surface area contributed by atoms with Crippen molar-refractivity contribution in [2.45, 2.75) is 6.54 Å². The minimum atomic E-state index is -0.430. The first-order valence-electron chi connectivity index (χ1n) is 8.07. The van der Waals surface area contributed by atoms with Crippen molar-refractivity contribution in [3.05, 3.63) is 69.2 Å². The van der Waals surface area contributed by atoms with Gasteiger partial charge in [-0.3, -0.25) is 14.2 Å². The lowest BCUT2D eigenvalue weighted by Crippen LogP contribution is -2.27.